The van der Waals surface area contributed by atoms with Crippen LogP contribution in [0.4, 0.5) is 0 Å². The van der Waals surface area contributed by atoms with E-state index in [1.165, 1.54) is 5.57 Å². The molecule has 0 amide bonds. The Morgan fingerprint density at radius 2 is 2.18 bits per heavy atom. The molecule has 0 spiro atoms. The molecular formula is C14H24O3. The average molecular weight is 240 g/mol. The fourth-order valence-corrected chi connectivity index (χ4v) is 3.12. The van der Waals surface area contributed by atoms with Crippen LogP contribution in [0.2, 0.25) is 0 Å². The van der Waals surface area contributed by atoms with E-state index >= 15 is 0 Å². The lowest BCUT2D eigenvalue weighted by atomic mass is 9.63. The van der Waals surface area contributed by atoms with Crippen LogP contribution in [0.1, 0.15) is 33.6 Å². The van der Waals surface area contributed by atoms with E-state index < -0.39 is 0 Å². The molecular weight excluding hydrogens is 216 g/mol. The van der Waals surface area contributed by atoms with Crippen LogP contribution in [0.3, 0.4) is 0 Å². The Morgan fingerprint density at radius 1 is 1.47 bits per heavy atom. The molecule has 1 heterocycles. The third-order valence-electron chi connectivity index (χ3n) is 4.54. The standard InChI is InChI=1S/C14H24O3/c1-10-4-5-14(8-16)6-11(10)12(17-9-14)13(2,3)7-15/h4,11-12,15-16H,5-9H2,1-3H3. The minimum absolute atomic E-state index is 0.0590. The van der Waals surface area contributed by atoms with Crippen molar-refractivity contribution in [3.63, 3.8) is 0 Å². The summed E-state index contributed by atoms with van der Waals surface area (Å²) in [6.45, 7) is 7.17. The topological polar surface area (TPSA) is 49.7 Å². The van der Waals surface area contributed by atoms with Gasteiger partial charge >= 0.3 is 0 Å². The van der Waals surface area contributed by atoms with Crippen LogP contribution in [0.25, 0.3) is 0 Å². The van der Waals surface area contributed by atoms with Crippen LogP contribution in [-0.4, -0.2) is 36.1 Å². The Balaban J connectivity index is 2.26. The minimum atomic E-state index is -0.223. The Hall–Kier alpha value is -0.380. The highest BCUT2D eigenvalue weighted by molar-refractivity contribution is 5.17. The number of hydrogen-bond acceptors (Lipinski definition) is 3. The van der Waals surface area contributed by atoms with Crippen LogP contribution in [0, 0.1) is 16.7 Å². The van der Waals surface area contributed by atoms with E-state index in [1.54, 1.807) is 0 Å². The molecule has 3 unspecified atom stereocenters. The molecule has 0 saturated carbocycles. The number of aliphatic hydroxyl groups excluding tert-OH is 2. The molecule has 2 aliphatic rings. The molecule has 3 nitrogen and oxygen atoms in total. The van der Waals surface area contributed by atoms with Crippen molar-refractivity contribution >= 4 is 0 Å². The highest BCUT2D eigenvalue weighted by Gasteiger charge is 2.48. The van der Waals surface area contributed by atoms with Crippen molar-refractivity contribution in [2.75, 3.05) is 19.8 Å². The predicted octanol–water partition coefficient (Wildman–Crippen LogP) is 1.74. The first-order valence-corrected chi connectivity index (χ1v) is 6.44. The second-order valence-corrected chi connectivity index (χ2v) is 6.50. The van der Waals surface area contributed by atoms with Crippen molar-refractivity contribution in [2.45, 2.75) is 39.7 Å². The van der Waals surface area contributed by atoms with Gasteiger partial charge in [-0.3, -0.25) is 0 Å². The fourth-order valence-electron chi connectivity index (χ4n) is 3.12. The highest BCUT2D eigenvalue weighted by atomic mass is 16.5. The average Bonchev–Trinajstić information content (AvgIpc) is 2.34. The van der Waals surface area contributed by atoms with Gasteiger partial charge in [0.15, 0.2) is 0 Å². The SMILES string of the molecule is CC1=CCC2(CO)COC(C(C)(C)CO)C1C2. The van der Waals surface area contributed by atoms with Gasteiger partial charge in [-0.15, -0.1) is 0 Å². The van der Waals surface area contributed by atoms with Gasteiger partial charge in [-0.05, 0) is 19.8 Å². The fraction of sp³-hybridized carbons (Fsp3) is 0.857. The second-order valence-electron chi connectivity index (χ2n) is 6.50. The summed E-state index contributed by atoms with van der Waals surface area (Å²) in [4.78, 5) is 0. The first-order chi connectivity index (χ1) is 7.94. The van der Waals surface area contributed by atoms with Gasteiger partial charge in [0.25, 0.3) is 0 Å². The summed E-state index contributed by atoms with van der Waals surface area (Å²) < 4.78 is 6.00. The van der Waals surface area contributed by atoms with E-state index in [9.17, 15) is 10.2 Å². The summed E-state index contributed by atoms with van der Waals surface area (Å²) >= 11 is 0. The summed E-state index contributed by atoms with van der Waals surface area (Å²) in [5.41, 5.74) is 1.05. The zero-order valence-electron chi connectivity index (χ0n) is 11.1. The maximum absolute atomic E-state index is 9.57. The molecule has 2 bridgehead atoms. The zero-order chi connectivity index (χ0) is 12.7. The van der Waals surface area contributed by atoms with Gasteiger partial charge in [-0.2, -0.15) is 0 Å². The molecule has 2 N–H and O–H groups in total. The van der Waals surface area contributed by atoms with Gasteiger partial charge in [0.1, 0.15) is 0 Å². The second kappa shape index (κ2) is 4.38. The molecule has 0 aromatic heterocycles. The lowest BCUT2D eigenvalue weighted by Crippen LogP contribution is -2.52. The quantitative estimate of drug-likeness (QED) is 0.739. The summed E-state index contributed by atoms with van der Waals surface area (Å²) in [5.74, 6) is 0.340. The summed E-state index contributed by atoms with van der Waals surface area (Å²) in [7, 11) is 0. The molecule has 0 radical (unpaired) electrons. The zero-order valence-corrected chi connectivity index (χ0v) is 11.1. The molecule has 3 atom stereocenters. The lowest BCUT2D eigenvalue weighted by Gasteiger charge is -2.51. The normalized spacial score (nSPS) is 37.8. The molecule has 17 heavy (non-hydrogen) atoms. The van der Waals surface area contributed by atoms with Crippen molar-refractivity contribution in [3.05, 3.63) is 11.6 Å². The molecule has 0 aromatic carbocycles. The third-order valence-corrected chi connectivity index (χ3v) is 4.54. The predicted molar refractivity (Wildman–Crippen MR) is 66.6 cm³/mol. The van der Waals surface area contributed by atoms with Crippen molar-refractivity contribution in [3.8, 4) is 0 Å². The molecule has 1 saturated heterocycles. The Kier molecular flexibility index (Phi) is 3.36. The number of hydrogen-bond donors (Lipinski definition) is 2. The number of allylic oxidation sites excluding steroid dienone is 1. The van der Waals surface area contributed by atoms with Crippen molar-refractivity contribution in [1.82, 2.24) is 0 Å². The Bertz CT molecular complexity index is 321. The molecule has 2 rings (SSSR count). The largest absolute Gasteiger partial charge is 0.396 e. The molecule has 98 valence electrons. The van der Waals surface area contributed by atoms with Crippen LogP contribution in [-0.2, 0) is 4.74 Å². The van der Waals surface area contributed by atoms with Gasteiger partial charge in [-0.25, -0.2) is 0 Å². The molecule has 1 fully saturated rings. The van der Waals surface area contributed by atoms with E-state index in [4.69, 9.17) is 4.74 Å². The van der Waals surface area contributed by atoms with Crippen molar-refractivity contribution in [1.29, 1.82) is 0 Å². The van der Waals surface area contributed by atoms with Gasteiger partial charge < -0.3 is 14.9 Å². The summed E-state index contributed by atoms with van der Waals surface area (Å²) in [5, 5.41) is 19.1. The maximum Gasteiger partial charge on any atom is 0.0713 e. The van der Waals surface area contributed by atoms with Crippen LogP contribution >= 0.6 is 0 Å². The number of aliphatic hydroxyl groups is 2. The number of rotatable bonds is 3. The molecule has 3 heteroatoms. The van der Waals surface area contributed by atoms with Crippen LogP contribution in [0.15, 0.2) is 11.6 Å². The number of fused-ring (bicyclic) bond motifs is 2. The summed E-state index contributed by atoms with van der Waals surface area (Å²) in [6.07, 6.45) is 4.20. The number of ether oxygens (including phenoxy) is 1. The van der Waals surface area contributed by atoms with Crippen LogP contribution < -0.4 is 0 Å². The van der Waals surface area contributed by atoms with Gasteiger partial charge in [0, 0.05) is 16.7 Å². The first-order valence-electron chi connectivity index (χ1n) is 6.44. The molecule has 1 aliphatic carbocycles. The van der Waals surface area contributed by atoms with Crippen molar-refractivity contribution < 1.29 is 14.9 Å². The van der Waals surface area contributed by atoms with E-state index in [-0.39, 0.29) is 30.1 Å². The third kappa shape index (κ3) is 2.16. The first kappa shape index (κ1) is 13.1. The van der Waals surface area contributed by atoms with Crippen molar-refractivity contribution in [2.24, 2.45) is 16.7 Å². The maximum atomic E-state index is 9.57. The van der Waals surface area contributed by atoms with Gasteiger partial charge in [0.05, 0.1) is 25.9 Å². The van der Waals surface area contributed by atoms with E-state index in [2.05, 4.69) is 13.0 Å². The van der Waals surface area contributed by atoms with Crippen LogP contribution in [0.5, 0.6) is 0 Å². The Morgan fingerprint density at radius 3 is 2.76 bits per heavy atom. The van der Waals surface area contributed by atoms with E-state index in [0.29, 0.717) is 12.5 Å². The molecule has 0 aromatic rings. The Labute approximate surface area is 103 Å². The minimum Gasteiger partial charge on any atom is -0.396 e. The monoisotopic (exact) mass is 240 g/mol. The van der Waals surface area contributed by atoms with E-state index in [1.807, 2.05) is 13.8 Å². The van der Waals surface area contributed by atoms with Gasteiger partial charge in [0.2, 0.25) is 0 Å². The lowest BCUT2D eigenvalue weighted by molar-refractivity contribution is -0.158. The molecule has 1 aliphatic heterocycles. The van der Waals surface area contributed by atoms with E-state index in [0.717, 1.165) is 12.8 Å². The highest BCUT2D eigenvalue weighted by Crippen LogP contribution is 2.48. The summed E-state index contributed by atoms with van der Waals surface area (Å²) in [6, 6.07) is 0. The smallest absolute Gasteiger partial charge is 0.0713 e. The van der Waals surface area contributed by atoms with Gasteiger partial charge in [-0.1, -0.05) is 25.5 Å².